The lowest BCUT2D eigenvalue weighted by molar-refractivity contribution is 0.475. The Kier molecular flexibility index (Phi) is 8.15. The average molecular weight is 270 g/mol. The van der Waals surface area contributed by atoms with Gasteiger partial charge in [-0.1, -0.05) is 12.1 Å². The molecule has 0 radical (unpaired) electrons. The Labute approximate surface area is 106 Å². The molecule has 0 spiro atoms. The van der Waals surface area contributed by atoms with E-state index in [2.05, 4.69) is 10.2 Å². The number of aromatic hydroxyl groups is 1. The number of nitrogens with one attached hydrogen (secondary N) is 1. The summed E-state index contributed by atoms with van der Waals surface area (Å²) in [4.78, 5) is 0. The molecule has 2 aromatic rings. The summed E-state index contributed by atoms with van der Waals surface area (Å²) >= 11 is 0. The molecule has 0 bridgehead atoms. The predicted octanol–water partition coefficient (Wildman–Crippen LogP) is 3.05. The van der Waals surface area contributed by atoms with Gasteiger partial charge >= 0.3 is 0 Å². The Hall–Kier alpha value is -0.900. The summed E-state index contributed by atoms with van der Waals surface area (Å²) in [5.41, 5.74) is 1.94. The molecule has 2 rings (SSSR count). The number of hydrogen-bond acceptors (Lipinski definition) is 2. The van der Waals surface area contributed by atoms with Crippen molar-refractivity contribution in [3.63, 3.8) is 0 Å². The lowest BCUT2D eigenvalue weighted by Crippen LogP contribution is -1.72. The van der Waals surface area contributed by atoms with E-state index >= 15 is 0 Å². The Morgan fingerprint density at radius 3 is 2.33 bits per heavy atom. The Balaban J connectivity index is 0. The molecule has 0 saturated heterocycles. The van der Waals surface area contributed by atoms with Crippen LogP contribution in [0.2, 0.25) is 0 Å². The minimum Gasteiger partial charge on any atom is -0.508 e. The number of H-pyrrole nitrogens is 1. The zero-order valence-electron chi connectivity index (χ0n) is 7.58. The number of hydrogen-bond donors (Lipinski definition) is 2. The summed E-state index contributed by atoms with van der Waals surface area (Å²) in [6.45, 7) is 0. The fraction of sp³-hybridized carbons (Fsp3) is 0. The minimum absolute atomic E-state index is 0. The first-order valence-corrected chi connectivity index (χ1v) is 3.64. The van der Waals surface area contributed by atoms with E-state index < -0.39 is 0 Å². The molecule has 1 heterocycles. The molecule has 0 aliphatic carbocycles. The first-order chi connectivity index (χ1) is 5.86. The van der Waals surface area contributed by atoms with E-state index in [1.807, 2.05) is 6.07 Å². The number of aromatic amines is 1. The SMILES string of the molecule is Cl.Cl.Cl.Oc1cccc(-c2cn[nH]c2)c1. The number of phenols is 1. The van der Waals surface area contributed by atoms with Gasteiger partial charge in [0, 0.05) is 11.8 Å². The highest BCUT2D eigenvalue weighted by Crippen LogP contribution is 2.21. The molecular weight excluding hydrogens is 258 g/mol. The molecular formula is C9H11Cl3N2O. The maximum atomic E-state index is 9.18. The molecule has 1 aromatic heterocycles. The molecule has 15 heavy (non-hydrogen) atoms. The second-order valence-electron chi connectivity index (χ2n) is 2.54. The van der Waals surface area contributed by atoms with E-state index in [-0.39, 0.29) is 43.0 Å². The van der Waals surface area contributed by atoms with Crippen molar-refractivity contribution in [2.24, 2.45) is 0 Å². The fourth-order valence-corrected chi connectivity index (χ4v) is 1.09. The molecule has 0 aliphatic heterocycles. The zero-order valence-corrected chi connectivity index (χ0v) is 10.0. The molecule has 0 unspecified atom stereocenters. The number of halogens is 3. The number of aromatic nitrogens is 2. The standard InChI is InChI=1S/C9H8N2O.3ClH/c12-9-3-1-2-7(4-9)8-5-10-11-6-8;;;/h1-6,12H,(H,10,11);3*1H. The van der Waals surface area contributed by atoms with Crippen LogP contribution in [0.4, 0.5) is 0 Å². The molecule has 2 N–H and O–H groups in total. The second-order valence-corrected chi connectivity index (χ2v) is 2.54. The molecule has 0 atom stereocenters. The van der Waals surface area contributed by atoms with Crippen molar-refractivity contribution in [3.05, 3.63) is 36.7 Å². The summed E-state index contributed by atoms with van der Waals surface area (Å²) in [5.74, 6) is 0.272. The van der Waals surface area contributed by atoms with Gasteiger partial charge in [0.05, 0.1) is 6.20 Å². The van der Waals surface area contributed by atoms with E-state index in [9.17, 15) is 5.11 Å². The topological polar surface area (TPSA) is 48.9 Å². The first kappa shape index (κ1) is 16.5. The van der Waals surface area contributed by atoms with Gasteiger partial charge in [0.15, 0.2) is 0 Å². The number of phenolic OH excluding ortho intramolecular Hbond substituents is 1. The molecule has 0 aliphatic rings. The third kappa shape index (κ3) is 4.00. The summed E-state index contributed by atoms with van der Waals surface area (Å²) in [7, 11) is 0. The van der Waals surface area contributed by atoms with Crippen molar-refractivity contribution in [2.75, 3.05) is 0 Å². The van der Waals surface area contributed by atoms with Crippen LogP contribution >= 0.6 is 37.2 Å². The second kappa shape index (κ2) is 7.40. The van der Waals surface area contributed by atoms with Crippen molar-refractivity contribution in [1.82, 2.24) is 10.2 Å². The van der Waals surface area contributed by atoms with Crippen LogP contribution in [-0.4, -0.2) is 15.3 Å². The quantitative estimate of drug-likeness (QED) is 0.836. The van der Waals surface area contributed by atoms with Crippen LogP contribution < -0.4 is 0 Å². The molecule has 0 fully saturated rings. The summed E-state index contributed by atoms with van der Waals surface area (Å²) in [5, 5.41) is 15.7. The maximum Gasteiger partial charge on any atom is 0.116 e. The van der Waals surface area contributed by atoms with Crippen LogP contribution in [0.25, 0.3) is 11.1 Å². The molecule has 84 valence electrons. The highest BCUT2D eigenvalue weighted by Gasteiger charge is 1.97. The summed E-state index contributed by atoms with van der Waals surface area (Å²) in [6, 6.07) is 7.07. The summed E-state index contributed by atoms with van der Waals surface area (Å²) in [6.07, 6.45) is 3.50. The Morgan fingerprint density at radius 1 is 1.07 bits per heavy atom. The van der Waals surface area contributed by atoms with Gasteiger partial charge in [0.25, 0.3) is 0 Å². The molecule has 6 heteroatoms. The summed E-state index contributed by atoms with van der Waals surface area (Å²) < 4.78 is 0. The van der Waals surface area contributed by atoms with Crippen LogP contribution in [0.5, 0.6) is 5.75 Å². The van der Waals surface area contributed by atoms with Gasteiger partial charge in [-0.3, -0.25) is 5.10 Å². The number of rotatable bonds is 1. The van der Waals surface area contributed by atoms with Crippen molar-refractivity contribution in [1.29, 1.82) is 0 Å². The molecule has 3 nitrogen and oxygen atoms in total. The lowest BCUT2D eigenvalue weighted by atomic mass is 10.1. The largest absolute Gasteiger partial charge is 0.508 e. The van der Waals surface area contributed by atoms with Crippen LogP contribution in [0.15, 0.2) is 36.7 Å². The van der Waals surface area contributed by atoms with Gasteiger partial charge in [-0.25, -0.2) is 0 Å². The molecule has 0 amide bonds. The van der Waals surface area contributed by atoms with Gasteiger partial charge in [-0.2, -0.15) is 5.10 Å². The lowest BCUT2D eigenvalue weighted by Gasteiger charge is -1.96. The van der Waals surface area contributed by atoms with Gasteiger partial charge in [0.1, 0.15) is 5.75 Å². The smallest absolute Gasteiger partial charge is 0.116 e. The first-order valence-electron chi connectivity index (χ1n) is 3.64. The Morgan fingerprint density at radius 2 is 1.80 bits per heavy atom. The van der Waals surface area contributed by atoms with Crippen molar-refractivity contribution in [3.8, 4) is 16.9 Å². The van der Waals surface area contributed by atoms with Crippen LogP contribution in [-0.2, 0) is 0 Å². The van der Waals surface area contributed by atoms with Gasteiger partial charge < -0.3 is 5.11 Å². The number of benzene rings is 1. The van der Waals surface area contributed by atoms with Crippen molar-refractivity contribution in [2.45, 2.75) is 0 Å². The molecule has 0 saturated carbocycles. The van der Waals surface area contributed by atoms with E-state index in [1.54, 1.807) is 30.6 Å². The van der Waals surface area contributed by atoms with E-state index in [0.717, 1.165) is 11.1 Å². The fourth-order valence-electron chi connectivity index (χ4n) is 1.09. The zero-order chi connectivity index (χ0) is 8.39. The van der Waals surface area contributed by atoms with E-state index in [1.165, 1.54) is 0 Å². The molecule has 1 aromatic carbocycles. The maximum absolute atomic E-state index is 9.18. The average Bonchev–Trinajstić information content (AvgIpc) is 2.56. The van der Waals surface area contributed by atoms with Gasteiger partial charge in [-0.15, -0.1) is 37.2 Å². The van der Waals surface area contributed by atoms with Crippen LogP contribution in [0.1, 0.15) is 0 Å². The van der Waals surface area contributed by atoms with Crippen molar-refractivity contribution >= 4 is 37.2 Å². The van der Waals surface area contributed by atoms with Crippen molar-refractivity contribution < 1.29 is 5.11 Å². The van der Waals surface area contributed by atoms with E-state index in [0.29, 0.717) is 0 Å². The predicted molar refractivity (Wildman–Crippen MR) is 67.4 cm³/mol. The van der Waals surface area contributed by atoms with E-state index in [4.69, 9.17) is 0 Å². The Bertz CT molecular complexity index is 379. The third-order valence-electron chi connectivity index (χ3n) is 1.68. The van der Waals surface area contributed by atoms with Gasteiger partial charge in [0.2, 0.25) is 0 Å². The highest BCUT2D eigenvalue weighted by molar-refractivity contribution is 5.86. The highest BCUT2D eigenvalue weighted by atomic mass is 35.5. The normalized spacial score (nSPS) is 8.00. The number of nitrogens with zero attached hydrogens (tertiary/aromatic N) is 1. The van der Waals surface area contributed by atoms with Crippen LogP contribution in [0, 0.1) is 0 Å². The van der Waals surface area contributed by atoms with Gasteiger partial charge in [-0.05, 0) is 17.7 Å². The van der Waals surface area contributed by atoms with Crippen LogP contribution in [0.3, 0.4) is 0 Å². The minimum atomic E-state index is 0. The third-order valence-corrected chi connectivity index (χ3v) is 1.68. The monoisotopic (exact) mass is 268 g/mol.